The Hall–Kier alpha value is -3.01. The number of benzene rings is 1. The van der Waals surface area contributed by atoms with E-state index in [1.54, 1.807) is 0 Å². The van der Waals surface area contributed by atoms with Gasteiger partial charge >= 0.3 is 0 Å². The van der Waals surface area contributed by atoms with E-state index in [0.29, 0.717) is 17.8 Å². The normalized spacial score (nSPS) is 18.2. The summed E-state index contributed by atoms with van der Waals surface area (Å²) < 4.78 is 26.2. The van der Waals surface area contributed by atoms with Crippen molar-refractivity contribution in [2.45, 2.75) is 32.9 Å². The minimum Gasteiger partial charge on any atom is -0.325 e. The van der Waals surface area contributed by atoms with Gasteiger partial charge in [0.2, 0.25) is 5.91 Å². The van der Waals surface area contributed by atoms with Crippen molar-refractivity contribution in [3.8, 4) is 0 Å². The van der Waals surface area contributed by atoms with E-state index >= 15 is 0 Å². The molecule has 10 heteroatoms. The second kappa shape index (κ2) is 7.11. The molecule has 0 bridgehead atoms. The average molecular weight is 415 g/mol. The van der Waals surface area contributed by atoms with Crippen molar-refractivity contribution in [3.05, 3.63) is 52.2 Å². The maximum Gasteiger partial charge on any atom is 0.264 e. The van der Waals surface area contributed by atoms with E-state index in [9.17, 15) is 18.0 Å². The van der Waals surface area contributed by atoms with E-state index in [1.165, 1.54) is 21.8 Å². The van der Waals surface area contributed by atoms with Crippen molar-refractivity contribution in [2.75, 3.05) is 16.8 Å². The lowest BCUT2D eigenvalue weighted by Crippen LogP contribution is -2.28. The number of nitrogens with zero attached hydrogens (tertiary/aromatic N) is 4. The van der Waals surface area contributed by atoms with Crippen LogP contribution in [0.1, 0.15) is 23.6 Å². The van der Waals surface area contributed by atoms with Gasteiger partial charge in [0.05, 0.1) is 23.7 Å². The molecule has 0 spiro atoms. The van der Waals surface area contributed by atoms with Crippen LogP contribution >= 0.6 is 0 Å². The zero-order valence-corrected chi connectivity index (χ0v) is 16.9. The highest BCUT2D eigenvalue weighted by Gasteiger charge is 2.31. The highest BCUT2D eigenvalue weighted by atomic mass is 32.2. The van der Waals surface area contributed by atoms with Crippen LogP contribution in [0.4, 0.5) is 5.69 Å². The standard InChI is InChI=1S/C19H21N5O4S/c1-12-5-13(2)7-14(6-12)22-17(25)9-23-11-20-18-16(19(23)26)8-21-24(18)15-3-4-29(27,28)10-15/h5-8,11,15H,3-4,9-10H2,1-2H3,(H,22,25). The molecule has 1 saturated heterocycles. The van der Waals surface area contributed by atoms with Crippen molar-refractivity contribution in [1.82, 2.24) is 19.3 Å². The number of nitrogens with one attached hydrogen (secondary N) is 1. The molecule has 3 heterocycles. The van der Waals surface area contributed by atoms with Gasteiger partial charge in [-0.2, -0.15) is 5.10 Å². The molecule has 1 fully saturated rings. The van der Waals surface area contributed by atoms with E-state index in [-0.39, 0.29) is 35.4 Å². The van der Waals surface area contributed by atoms with Crippen molar-refractivity contribution in [3.63, 3.8) is 0 Å². The van der Waals surface area contributed by atoms with Crippen LogP contribution in [0.15, 0.2) is 35.5 Å². The molecule has 1 unspecified atom stereocenters. The van der Waals surface area contributed by atoms with Crippen molar-refractivity contribution < 1.29 is 13.2 Å². The number of hydrogen-bond acceptors (Lipinski definition) is 6. The van der Waals surface area contributed by atoms with E-state index < -0.39 is 15.4 Å². The number of hydrogen-bond donors (Lipinski definition) is 1. The predicted molar refractivity (Wildman–Crippen MR) is 109 cm³/mol. The molecule has 0 saturated carbocycles. The van der Waals surface area contributed by atoms with Crippen molar-refractivity contribution >= 4 is 32.5 Å². The van der Waals surface area contributed by atoms with Crippen molar-refractivity contribution in [2.24, 2.45) is 0 Å². The molecule has 1 amide bonds. The third-order valence-electron chi connectivity index (χ3n) is 4.95. The first-order valence-corrected chi connectivity index (χ1v) is 11.1. The highest BCUT2D eigenvalue weighted by molar-refractivity contribution is 7.91. The quantitative estimate of drug-likeness (QED) is 0.685. The molecular weight excluding hydrogens is 394 g/mol. The molecule has 0 aliphatic carbocycles. The van der Waals surface area contributed by atoms with Crippen LogP contribution in [-0.4, -0.2) is 45.2 Å². The fraction of sp³-hybridized carbons (Fsp3) is 0.368. The summed E-state index contributed by atoms with van der Waals surface area (Å²) in [6, 6.07) is 5.39. The summed E-state index contributed by atoms with van der Waals surface area (Å²) in [5.74, 6) is -0.241. The van der Waals surface area contributed by atoms with Crippen LogP contribution in [0, 0.1) is 13.8 Å². The predicted octanol–water partition coefficient (Wildman–Crippen LogP) is 1.21. The molecule has 1 atom stereocenters. The first-order chi connectivity index (χ1) is 13.7. The van der Waals surface area contributed by atoms with E-state index in [0.717, 1.165) is 11.1 Å². The summed E-state index contributed by atoms with van der Waals surface area (Å²) in [4.78, 5) is 29.4. The SMILES string of the molecule is Cc1cc(C)cc(NC(=O)Cn2cnc3c(cnn3C3CCS(=O)(=O)C3)c2=O)c1. The Kier molecular flexibility index (Phi) is 4.73. The van der Waals surface area contributed by atoms with Gasteiger partial charge in [-0.1, -0.05) is 6.07 Å². The monoisotopic (exact) mass is 415 g/mol. The lowest BCUT2D eigenvalue weighted by Gasteiger charge is -2.11. The molecule has 29 heavy (non-hydrogen) atoms. The summed E-state index contributed by atoms with van der Waals surface area (Å²) in [5, 5.41) is 7.24. The molecule has 3 aromatic rings. The zero-order valence-electron chi connectivity index (χ0n) is 16.1. The summed E-state index contributed by atoms with van der Waals surface area (Å²) >= 11 is 0. The lowest BCUT2D eigenvalue weighted by atomic mass is 10.1. The topological polar surface area (TPSA) is 116 Å². The number of fused-ring (bicyclic) bond motifs is 1. The number of aryl methyl sites for hydroxylation is 2. The van der Waals surface area contributed by atoms with Crippen LogP contribution in [-0.2, 0) is 21.2 Å². The second-order valence-corrected chi connectivity index (χ2v) is 9.71. The molecule has 0 radical (unpaired) electrons. The number of amides is 1. The molecule has 2 aromatic heterocycles. The maximum atomic E-state index is 12.8. The molecule has 1 N–H and O–H groups in total. The molecule has 1 aromatic carbocycles. The van der Waals surface area contributed by atoms with Crippen LogP contribution in [0.25, 0.3) is 11.0 Å². The van der Waals surface area contributed by atoms with Crippen LogP contribution in [0.3, 0.4) is 0 Å². The van der Waals surface area contributed by atoms with Gasteiger partial charge in [-0.05, 0) is 43.5 Å². The molecule has 1 aliphatic heterocycles. The third-order valence-corrected chi connectivity index (χ3v) is 6.70. The largest absolute Gasteiger partial charge is 0.325 e. The first-order valence-electron chi connectivity index (χ1n) is 9.23. The summed E-state index contributed by atoms with van der Waals surface area (Å²) in [5.41, 5.74) is 2.68. The Morgan fingerprint density at radius 2 is 1.97 bits per heavy atom. The molecule has 4 rings (SSSR count). The Morgan fingerprint density at radius 1 is 1.24 bits per heavy atom. The zero-order chi connectivity index (χ0) is 20.8. The van der Waals surface area contributed by atoms with E-state index in [2.05, 4.69) is 15.4 Å². The number of rotatable bonds is 4. The maximum absolute atomic E-state index is 12.8. The number of anilines is 1. The number of sulfone groups is 1. The first kappa shape index (κ1) is 19.3. The van der Waals surface area contributed by atoms with Gasteiger partial charge < -0.3 is 5.32 Å². The Morgan fingerprint density at radius 3 is 2.62 bits per heavy atom. The van der Waals surface area contributed by atoms with Gasteiger partial charge in [0.15, 0.2) is 15.5 Å². The third kappa shape index (κ3) is 3.93. The fourth-order valence-corrected chi connectivity index (χ4v) is 5.41. The van der Waals surface area contributed by atoms with Gasteiger partial charge in [-0.15, -0.1) is 0 Å². The van der Waals surface area contributed by atoms with Gasteiger partial charge in [-0.25, -0.2) is 18.1 Å². The Bertz CT molecular complexity index is 1260. The van der Waals surface area contributed by atoms with Gasteiger partial charge in [0.1, 0.15) is 18.3 Å². The van der Waals surface area contributed by atoms with E-state index in [4.69, 9.17) is 0 Å². The Balaban J connectivity index is 1.57. The van der Waals surface area contributed by atoms with Crippen LogP contribution in [0.5, 0.6) is 0 Å². The number of carbonyl (C=O) groups is 1. The number of aromatic nitrogens is 4. The fourth-order valence-electron chi connectivity index (χ4n) is 3.72. The lowest BCUT2D eigenvalue weighted by molar-refractivity contribution is -0.116. The van der Waals surface area contributed by atoms with Gasteiger partial charge in [0, 0.05) is 5.69 Å². The van der Waals surface area contributed by atoms with Crippen molar-refractivity contribution in [1.29, 1.82) is 0 Å². The molecule has 9 nitrogen and oxygen atoms in total. The minimum atomic E-state index is -3.09. The summed E-state index contributed by atoms with van der Waals surface area (Å²) in [6.07, 6.45) is 3.13. The smallest absolute Gasteiger partial charge is 0.264 e. The number of carbonyl (C=O) groups excluding carboxylic acids is 1. The Labute approximate surface area is 167 Å². The highest BCUT2D eigenvalue weighted by Crippen LogP contribution is 2.25. The van der Waals surface area contributed by atoms with Crippen LogP contribution < -0.4 is 10.9 Å². The van der Waals surface area contributed by atoms with Gasteiger partial charge in [0.25, 0.3) is 5.56 Å². The molecule has 152 valence electrons. The molecule has 1 aliphatic rings. The summed E-state index contributed by atoms with van der Waals surface area (Å²) in [7, 11) is -3.09. The summed E-state index contributed by atoms with van der Waals surface area (Å²) in [6.45, 7) is 3.70. The minimum absolute atomic E-state index is 0.00708. The second-order valence-electron chi connectivity index (χ2n) is 7.49. The van der Waals surface area contributed by atoms with Crippen LogP contribution in [0.2, 0.25) is 0 Å². The van der Waals surface area contributed by atoms with Gasteiger partial charge in [-0.3, -0.25) is 14.2 Å². The molecular formula is C19H21N5O4S. The average Bonchev–Trinajstić information content (AvgIpc) is 3.19. The van der Waals surface area contributed by atoms with E-state index in [1.807, 2.05) is 32.0 Å².